The Kier molecular flexibility index (Phi) is 7.21. The highest BCUT2D eigenvalue weighted by molar-refractivity contribution is 5.93. The van der Waals surface area contributed by atoms with Crippen LogP contribution in [0.4, 0.5) is 0 Å². The number of hydrogen-bond acceptors (Lipinski definition) is 3. The number of hydrogen-bond donors (Lipinski definition) is 1. The van der Waals surface area contributed by atoms with Crippen molar-refractivity contribution in [3.8, 4) is 0 Å². The van der Waals surface area contributed by atoms with Gasteiger partial charge in [0.1, 0.15) is 0 Å². The second-order valence-electron chi connectivity index (χ2n) is 3.63. The van der Waals surface area contributed by atoms with Gasteiger partial charge in [-0.3, -0.25) is 0 Å². The van der Waals surface area contributed by atoms with Crippen LogP contribution in [-0.4, -0.2) is 26.7 Å². The fraction of sp³-hybridized carbons (Fsp3) is 0.462. The van der Waals surface area contributed by atoms with E-state index in [4.69, 9.17) is 4.74 Å². The number of allylic oxidation sites excluding steroid dienone is 2. The van der Waals surface area contributed by atoms with Gasteiger partial charge in [0.15, 0.2) is 0 Å². The molecule has 0 aromatic rings. The van der Waals surface area contributed by atoms with Crippen LogP contribution in [-0.2, 0) is 9.53 Å². The Morgan fingerprint density at radius 1 is 1.56 bits per heavy atom. The smallest absolute Gasteiger partial charge is 0.338 e. The third kappa shape index (κ3) is 4.45. The van der Waals surface area contributed by atoms with Crippen molar-refractivity contribution in [3.63, 3.8) is 0 Å². The Bertz CT molecular complexity index is 292. The van der Waals surface area contributed by atoms with E-state index in [1.54, 1.807) is 12.2 Å². The molecule has 1 unspecified atom stereocenters. The molecule has 0 amide bonds. The van der Waals surface area contributed by atoms with Gasteiger partial charge in [-0.1, -0.05) is 26.2 Å². The second-order valence-corrected chi connectivity index (χ2v) is 3.63. The maximum absolute atomic E-state index is 11.5. The number of esters is 1. The fourth-order valence-corrected chi connectivity index (χ4v) is 1.33. The molecule has 0 aromatic carbocycles. The van der Waals surface area contributed by atoms with Crippen molar-refractivity contribution in [1.29, 1.82) is 0 Å². The van der Waals surface area contributed by atoms with Crippen molar-refractivity contribution in [2.45, 2.75) is 13.3 Å². The first-order valence-electron chi connectivity index (χ1n) is 5.33. The minimum Gasteiger partial charge on any atom is -0.465 e. The van der Waals surface area contributed by atoms with E-state index in [-0.39, 0.29) is 11.9 Å². The van der Waals surface area contributed by atoms with Crippen LogP contribution in [0.5, 0.6) is 0 Å². The van der Waals surface area contributed by atoms with E-state index in [9.17, 15) is 4.79 Å². The van der Waals surface area contributed by atoms with E-state index in [0.29, 0.717) is 5.57 Å². The van der Waals surface area contributed by atoms with Crippen LogP contribution in [0.15, 0.2) is 36.5 Å². The molecule has 90 valence electrons. The van der Waals surface area contributed by atoms with Crippen LogP contribution in [0, 0.1) is 5.92 Å². The van der Waals surface area contributed by atoms with Gasteiger partial charge in [-0.2, -0.15) is 0 Å². The lowest BCUT2D eigenvalue weighted by molar-refractivity contribution is -0.135. The topological polar surface area (TPSA) is 38.3 Å². The van der Waals surface area contributed by atoms with Gasteiger partial charge >= 0.3 is 5.97 Å². The molecule has 0 heterocycles. The lowest BCUT2D eigenvalue weighted by atomic mass is 9.92. The lowest BCUT2D eigenvalue weighted by Gasteiger charge is -2.16. The second kappa shape index (κ2) is 7.88. The molecule has 0 saturated carbocycles. The van der Waals surface area contributed by atoms with E-state index >= 15 is 0 Å². The van der Waals surface area contributed by atoms with Crippen molar-refractivity contribution in [3.05, 3.63) is 36.5 Å². The molecule has 3 nitrogen and oxygen atoms in total. The molecule has 3 heteroatoms. The number of nitrogens with one attached hydrogen (secondary N) is 1. The van der Waals surface area contributed by atoms with Crippen LogP contribution in [0.1, 0.15) is 13.3 Å². The Morgan fingerprint density at radius 3 is 2.62 bits per heavy atom. The molecule has 0 radical (unpaired) electrons. The Labute approximate surface area is 97.9 Å². The third-order valence-electron chi connectivity index (χ3n) is 2.46. The molecule has 0 aliphatic heterocycles. The minimum atomic E-state index is -0.360. The van der Waals surface area contributed by atoms with Crippen molar-refractivity contribution in [2.75, 3.05) is 20.7 Å². The summed E-state index contributed by atoms with van der Waals surface area (Å²) in [6.45, 7) is 10.5. The zero-order valence-electron chi connectivity index (χ0n) is 10.4. The van der Waals surface area contributed by atoms with E-state index in [2.05, 4.69) is 18.5 Å². The van der Waals surface area contributed by atoms with Crippen molar-refractivity contribution < 1.29 is 9.53 Å². The Balaban J connectivity index is 4.68. The molecular weight excluding hydrogens is 202 g/mol. The summed E-state index contributed by atoms with van der Waals surface area (Å²) in [5, 5.41) is 3.07. The Hall–Kier alpha value is -1.35. The predicted molar refractivity (Wildman–Crippen MR) is 67.1 cm³/mol. The molecule has 0 spiro atoms. The number of carbonyl (C=O) groups excluding carboxylic acids is 1. The fourth-order valence-electron chi connectivity index (χ4n) is 1.33. The SMILES string of the molecule is C=C/C=C(\C(=C)C(C)CCNC)C(=O)OC. The summed E-state index contributed by atoms with van der Waals surface area (Å²) in [6, 6.07) is 0. The van der Waals surface area contributed by atoms with E-state index in [0.717, 1.165) is 18.5 Å². The van der Waals surface area contributed by atoms with E-state index < -0.39 is 0 Å². The molecule has 0 fully saturated rings. The molecule has 0 aliphatic rings. The van der Waals surface area contributed by atoms with E-state index in [1.165, 1.54) is 7.11 Å². The average Bonchev–Trinajstić information content (AvgIpc) is 2.31. The lowest BCUT2D eigenvalue weighted by Crippen LogP contribution is -2.16. The standard InChI is InChI=1S/C13H21NO2/c1-6-7-12(13(15)16-5)11(3)10(2)8-9-14-4/h6-7,10,14H,1,3,8-9H2,2,4-5H3/b12-7+. The molecule has 0 saturated heterocycles. The highest BCUT2D eigenvalue weighted by Crippen LogP contribution is 2.21. The quantitative estimate of drug-likeness (QED) is 0.408. The molecule has 0 aromatic heterocycles. The van der Waals surface area contributed by atoms with Crippen LogP contribution in [0.2, 0.25) is 0 Å². The van der Waals surface area contributed by atoms with Gasteiger partial charge in [0, 0.05) is 0 Å². The normalized spacial score (nSPS) is 13.1. The maximum Gasteiger partial charge on any atom is 0.338 e. The number of carbonyl (C=O) groups is 1. The molecular formula is C13H21NO2. The summed E-state index contributed by atoms with van der Waals surface area (Å²) in [5.41, 5.74) is 1.29. The van der Waals surface area contributed by atoms with Crippen LogP contribution < -0.4 is 5.32 Å². The average molecular weight is 223 g/mol. The van der Waals surface area contributed by atoms with Gasteiger partial charge in [0.05, 0.1) is 12.7 Å². The first-order chi connectivity index (χ1) is 7.58. The highest BCUT2D eigenvalue weighted by atomic mass is 16.5. The monoisotopic (exact) mass is 223 g/mol. The maximum atomic E-state index is 11.5. The molecule has 0 rings (SSSR count). The van der Waals surface area contributed by atoms with Gasteiger partial charge in [0.25, 0.3) is 0 Å². The van der Waals surface area contributed by atoms with Gasteiger partial charge in [-0.05, 0) is 37.6 Å². The molecule has 1 N–H and O–H groups in total. The van der Waals surface area contributed by atoms with Crippen molar-refractivity contribution >= 4 is 5.97 Å². The summed E-state index contributed by atoms with van der Waals surface area (Å²) in [5.74, 6) is -0.126. The van der Waals surface area contributed by atoms with Gasteiger partial charge < -0.3 is 10.1 Å². The van der Waals surface area contributed by atoms with Crippen molar-refractivity contribution in [2.24, 2.45) is 5.92 Å². The zero-order valence-corrected chi connectivity index (χ0v) is 10.4. The summed E-state index contributed by atoms with van der Waals surface area (Å²) in [7, 11) is 3.26. The largest absolute Gasteiger partial charge is 0.465 e. The molecule has 0 bridgehead atoms. The zero-order chi connectivity index (χ0) is 12.6. The molecule has 1 atom stereocenters. The van der Waals surface area contributed by atoms with Gasteiger partial charge in [0.2, 0.25) is 0 Å². The van der Waals surface area contributed by atoms with Crippen LogP contribution in [0.25, 0.3) is 0 Å². The van der Waals surface area contributed by atoms with Crippen LogP contribution in [0.3, 0.4) is 0 Å². The number of ether oxygens (including phenoxy) is 1. The highest BCUT2D eigenvalue weighted by Gasteiger charge is 2.17. The third-order valence-corrected chi connectivity index (χ3v) is 2.46. The number of rotatable bonds is 7. The Morgan fingerprint density at radius 2 is 2.19 bits per heavy atom. The minimum absolute atomic E-state index is 0.234. The molecule has 0 aliphatic carbocycles. The first kappa shape index (κ1) is 14.6. The first-order valence-corrected chi connectivity index (χ1v) is 5.33. The summed E-state index contributed by atoms with van der Waals surface area (Å²) in [6.07, 6.45) is 4.15. The van der Waals surface area contributed by atoms with E-state index in [1.807, 2.05) is 14.0 Å². The summed E-state index contributed by atoms with van der Waals surface area (Å²) in [4.78, 5) is 11.5. The van der Waals surface area contributed by atoms with Crippen LogP contribution >= 0.6 is 0 Å². The van der Waals surface area contributed by atoms with Crippen molar-refractivity contribution in [1.82, 2.24) is 5.32 Å². The predicted octanol–water partition coefficient (Wildman–Crippen LogP) is 2.07. The number of methoxy groups -OCH3 is 1. The van der Waals surface area contributed by atoms with Gasteiger partial charge in [-0.15, -0.1) is 0 Å². The molecule has 16 heavy (non-hydrogen) atoms. The van der Waals surface area contributed by atoms with Gasteiger partial charge in [-0.25, -0.2) is 4.79 Å². The summed E-state index contributed by atoms with van der Waals surface area (Å²) < 4.78 is 4.71. The summed E-state index contributed by atoms with van der Waals surface area (Å²) >= 11 is 0.